The Labute approximate surface area is 164 Å². The lowest BCUT2D eigenvalue weighted by atomic mass is 10.2. The molecule has 28 heavy (non-hydrogen) atoms. The Balaban J connectivity index is 1.41. The number of carbonyl (C=O) groups is 2. The maximum absolute atomic E-state index is 12.7. The minimum absolute atomic E-state index is 0.139. The second-order valence-corrected chi connectivity index (χ2v) is 7.09. The van der Waals surface area contributed by atoms with Gasteiger partial charge in [-0.05, 0) is 37.1 Å². The largest absolute Gasteiger partial charge is 0.372 e. The van der Waals surface area contributed by atoms with E-state index in [2.05, 4.69) is 32.3 Å². The standard InChI is InChI=1S/C20H24N6O2/c27-15-24-9-11-26(12-10-24)20(28)18-13-19(22-14-21-18)23-16-3-5-17(6-4-16)25-7-1-2-8-25/h3-6,13-15H,1-2,7-12H2,(H,21,22,23). The van der Waals surface area contributed by atoms with Crippen LogP contribution in [-0.2, 0) is 4.79 Å². The van der Waals surface area contributed by atoms with Crippen molar-refractivity contribution in [3.05, 3.63) is 42.4 Å². The van der Waals surface area contributed by atoms with Gasteiger partial charge in [0.25, 0.3) is 5.91 Å². The van der Waals surface area contributed by atoms with E-state index in [9.17, 15) is 9.59 Å². The fraction of sp³-hybridized carbons (Fsp3) is 0.400. The Morgan fingerprint density at radius 1 is 0.964 bits per heavy atom. The van der Waals surface area contributed by atoms with Gasteiger partial charge < -0.3 is 20.0 Å². The van der Waals surface area contributed by atoms with Crippen molar-refractivity contribution in [1.29, 1.82) is 0 Å². The molecule has 0 atom stereocenters. The number of amides is 2. The van der Waals surface area contributed by atoms with Crippen molar-refractivity contribution in [2.75, 3.05) is 49.5 Å². The summed E-state index contributed by atoms with van der Waals surface area (Å²) in [7, 11) is 0. The highest BCUT2D eigenvalue weighted by Gasteiger charge is 2.22. The van der Waals surface area contributed by atoms with Crippen molar-refractivity contribution in [3.63, 3.8) is 0 Å². The summed E-state index contributed by atoms with van der Waals surface area (Å²) in [4.78, 5) is 37.6. The van der Waals surface area contributed by atoms with Gasteiger partial charge in [-0.3, -0.25) is 9.59 Å². The first-order valence-electron chi connectivity index (χ1n) is 9.65. The molecule has 0 aliphatic carbocycles. The van der Waals surface area contributed by atoms with Gasteiger partial charge in [0.05, 0.1) is 0 Å². The molecule has 1 aromatic carbocycles. The van der Waals surface area contributed by atoms with Gasteiger partial charge in [-0.2, -0.15) is 0 Å². The maximum Gasteiger partial charge on any atom is 0.272 e. The molecule has 2 aromatic rings. The van der Waals surface area contributed by atoms with Crippen molar-refractivity contribution in [3.8, 4) is 0 Å². The Hall–Kier alpha value is -3.16. The van der Waals surface area contributed by atoms with Gasteiger partial charge >= 0.3 is 0 Å². The number of nitrogens with one attached hydrogen (secondary N) is 1. The first-order chi connectivity index (χ1) is 13.7. The normalized spacial score (nSPS) is 16.9. The minimum Gasteiger partial charge on any atom is -0.372 e. The third-order valence-corrected chi connectivity index (χ3v) is 5.25. The number of hydrogen-bond acceptors (Lipinski definition) is 6. The first kappa shape index (κ1) is 18.2. The van der Waals surface area contributed by atoms with Crippen molar-refractivity contribution in [2.24, 2.45) is 0 Å². The number of anilines is 3. The number of hydrogen-bond donors (Lipinski definition) is 1. The van der Waals surface area contributed by atoms with Crippen LogP contribution in [0.25, 0.3) is 0 Å². The monoisotopic (exact) mass is 380 g/mol. The highest BCUT2D eigenvalue weighted by Crippen LogP contribution is 2.23. The number of benzene rings is 1. The molecular weight excluding hydrogens is 356 g/mol. The molecule has 1 aromatic heterocycles. The average Bonchev–Trinajstić information content (AvgIpc) is 3.29. The van der Waals surface area contributed by atoms with E-state index >= 15 is 0 Å². The topological polar surface area (TPSA) is 81.7 Å². The van der Waals surface area contributed by atoms with E-state index in [-0.39, 0.29) is 5.91 Å². The van der Waals surface area contributed by atoms with E-state index in [4.69, 9.17) is 0 Å². The molecule has 2 aliphatic heterocycles. The van der Waals surface area contributed by atoms with Crippen LogP contribution >= 0.6 is 0 Å². The van der Waals surface area contributed by atoms with Gasteiger partial charge in [0.15, 0.2) is 0 Å². The number of piperazine rings is 1. The fourth-order valence-corrected chi connectivity index (χ4v) is 3.61. The molecule has 2 amide bonds. The fourth-order valence-electron chi connectivity index (χ4n) is 3.61. The zero-order chi connectivity index (χ0) is 19.3. The molecule has 1 N–H and O–H groups in total. The molecule has 8 nitrogen and oxygen atoms in total. The molecule has 4 rings (SSSR count). The second-order valence-electron chi connectivity index (χ2n) is 7.09. The van der Waals surface area contributed by atoms with Crippen LogP contribution in [0.15, 0.2) is 36.7 Å². The van der Waals surface area contributed by atoms with Gasteiger partial charge in [-0.1, -0.05) is 0 Å². The summed E-state index contributed by atoms with van der Waals surface area (Å²) in [5.41, 5.74) is 2.50. The molecule has 2 saturated heterocycles. The summed E-state index contributed by atoms with van der Waals surface area (Å²) in [6.45, 7) is 4.37. The van der Waals surface area contributed by atoms with E-state index in [1.165, 1.54) is 24.9 Å². The molecule has 2 aliphatic rings. The van der Waals surface area contributed by atoms with E-state index in [1.807, 2.05) is 12.1 Å². The van der Waals surface area contributed by atoms with Crippen molar-refractivity contribution < 1.29 is 9.59 Å². The minimum atomic E-state index is -0.139. The smallest absolute Gasteiger partial charge is 0.272 e. The molecular formula is C20H24N6O2. The van der Waals surface area contributed by atoms with Crippen LogP contribution in [-0.4, -0.2) is 71.4 Å². The van der Waals surface area contributed by atoms with Crippen LogP contribution < -0.4 is 10.2 Å². The van der Waals surface area contributed by atoms with E-state index in [0.29, 0.717) is 37.7 Å². The summed E-state index contributed by atoms with van der Waals surface area (Å²) in [5.74, 6) is 0.444. The number of carbonyl (C=O) groups excluding carboxylic acids is 2. The van der Waals surface area contributed by atoms with Gasteiger partial charge in [-0.15, -0.1) is 0 Å². The molecule has 2 fully saturated rings. The van der Waals surface area contributed by atoms with Gasteiger partial charge in [0.2, 0.25) is 6.41 Å². The first-order valence-corrected chi connectivity index (χ1v) is 9.65. The van der Waals surface area contributed by atoms with Crippen LogP contribution in [0, 0.1) is 0 Å². The van der Waals surface area contributed by atoms with Crippen LogP contribution in [0.3, 0.4) is 0 Å². The SMILES string of the molecule is O=CN1CCN(C(=O)c2cc(Nc3ccc(N4CCCC4)cc3)ncn2)CC1. The molecule has 0 saturated carbocycles. The van der Waals surface area contributed by atoms with E-state index in [0.717, 1.165) is 25.2 Å². The number of nitrogens with zero attached hydrogens (tertiary/aromatic N) is 5. The Kier molecular flexibility index (Phi) is 5.36. The zero-order valence-electron chi connectivity index (χ0n) is 15.8. The van der Waals surface area contributed by atoms with E-state index in [1.54, 1.807) is 15.9 Å². The highest BCUT2D eigenvalue weighted by molar-refractivity contribution is 5.93. The molecule has 0 spiro atoms. The summed E-state index contributed by atoms with van der Waals surface area (Å²) < 4.78 is 0. The van der Waals surface area contributed by atoms with E-state index < -0.39 is 0 Å². The quantitative estimate of drug-likeness (QED) is 0.796. The van der Waals surface area contributed by atoms with Crippen LogP contribution in [0.5, 0.6) is 0 Å². The van der Waals surface area contributed by atoms with Gasteiger partial charge in [-0.25, -0.2) is 9.97 Å². The lowest BCUT2D eigenvalue weighted by Crippen LogP contribution is -2.48. The lowest BCUT2D eigenvalue weighted by Gasteiger charge is -2.32. The van der Waals surface area contributed by atoms with Crippen LogP contribution in [0.4, 0.5) is 17.2 Å². The maximum atomic E-state index is 12.7. The summed E-state index contributed by atoms with van der Waals surface area (Å²) in [6.07, 6.45) is 4.73. The van der Waals surface area contributed by atoms with Gasteiger partial charge in [0, 0.05) is 56.7 Å². The Morgan fingerprint density at radius 3 is 2.36 bits per heavy atom. The Morgan fingerprint density at radius 2 is 1.68 bits per heavy atom. The predicted molar refractivity (Wildman–Crippen MR) is 107 cm³/mol. The van der Waals surface area contributed by atoms with Crippen molar-refractivity contribution >= 4 is 29.5 Å². The second kappa shape index (κ2) is 8.24. The third-order valence-electron chi connectivity index (χ3n) is 5.25. The number of rotatable bonds is 5. The average molecular weight is 380 g/mol. The Bertz CT molecular complexity index is 827. The van der Waals surface area contributed by atoms with Gasteiger partial charge in [0.1, 0.15) is 17.8 Å². The van der Waals surface area contributed by atoms with Crippen molar-refractivity contribution in [1.82, 2.24) is 19.8 Å². The molecule has 3 heterocycles. The predicted octanol–water partition coefficient (Wildman–Crippen LogP) is 1.73. The summed E-state index contributed by atoms with van der Waals surface area (Å²) in [6, 6.07) is 9.93. The summed E-state index contributed by atoms with van der Waals surface area (Å²) >= 11 is 0. The molecule has 0 unspecified atom stereocenters. The third kappa shape index (κ3) is 4.05. The zero-order valence-corrected chi connectivity index (χ0v) is 15.8. The van der Waals surface area contributed by atoms with Crippen LogP contribution in [0.1, 0.15) is 23.3 Å². The summed E-state index contributed by atoms with van der Waals surface area (Å²) in [5, 5.41) is 3.24. The van der Waals surface area contributed by atoms with Crippen LogP contribution in [0.2, 0.25) is 0 Å². The lowest BCUT2D eigenvalue weighted by molar-refractivity contribution is -0.119. The number of aromatic nitrogens is 2. The molecule has 0 radical (unpaired) electrons. The molecule has 8 heteroatoms. The molecule has 146 valence electrons. The molecule has 0 bridgehead atoms. The highest BCUT2D eigenvalue weighted by atomic mass is 16.2. The van der Waals surface area contributed by atoms with Crippen molar-refractivity contribution in [2.45, 2.75) is 12.8 Å².